The maximum absolute atomic E-state index is 11.6. The minimum atomic E-state index is -0.861. The van der Waals surface area contributed by atoms with Gasteiger partial charge in [-0.1, -0.05) is 30.3 Å². The maximum atomic E-state index is 11.6. The van der Waals surface area contributed by atoms with Gasteiger partial charge in [-0.2, -0.15) is 0 Å². The van der Waals surface area contributed by atoms with Crippen molar-refractivity contribution in [3.8, 4) is 0 Å². The van der Waals surface area contributed by atoms with Gasteiger partial charge in [-0.25, -0.2) is 0 Å². The molecule has 1 aliphatic heterocycles. The lowest BCUT2D eigenvalue weighted by molar-refractivity contribution is 0.295. The van der Waals surface area contributed by atoms with Gasteiger partial charge in [0.2, 0.25) is 0 Å². The van der Waals surface area contributed by atoms with Crippen LogP contribution in [-0.4, -0.2) is 16.6 Å². The predicted molar refractivity (Wildman–Crippen MR) is 58.0 cm³/mol. The number of hydrogen-bond donors (Lipinski definition) is 0. The van der Waals surface area contributed by atoms with E-state index in [-0.39, 0.29) is 0 Å². The molecule has 0 bridgehead atoms. The smallest absolute Gasteiger partial charge is 0.138 e. The molecule has 0 saturated heterocycles. The van der Waals surface area contributed by atoms with Crippen molar-refractivity contribution in [1.29, 1.82) is 0 Å². The van der Waals surface area contributed by atoms with Crippen molar-refractivity contribution in [1.82, 2.24) is 0 Å². The summed E-state index contributed by atoms with van der Waals surface area (Å²) in [5.41, 5.74) is 1.01. The minimum Gasteiger partial charge on any atom is -0.491 e. The molecule has 14 heavy (non-hydrogen) atoms. The molecular formula is C11H12O2S. The summed E-state index contributed by atoms with van der Waals surface area (Å²) in [4.78, 5) is 0.849. The first-order valence-electron chi connectivity index (χ1n) is 4.56. The predicted octanol–water partition coefficient (Wildman–Crippen LogP) is 2.15. The third-order valence-corrected chi connectivity index (χ3v) is 3.62. The Hall–Kier alpha value is -1.09. The Morgan fingerprint density at radius 3 is 2.71 bits per heavy atom. The molecule has 1 aliphatic rings. The zero-order valence-corrected chi connectivity index (χ0v) is 8.84. The second kappa shape index (κ2) is 3.96. The Labute approximate surface area is 86.0 Å². The summed E-state index contributed by atoms with van der Waals surface area (Å²) in [7, 11) is -0.861. The fraction of sp³-hybridized carbons (Fsp3) is 0.273. The minimum absolute atomic E-state index is 0.550. The van der Waals surface area contributed by atoms with Gasteiger partial charge < -0.3 is 4.74 Å². The van der Waals surface area contributed by atoms with Crippen molar-refractivity contribution in [2.45, 2.75) is 6.92 Å². The summed E-state index contributed by atoms with van der Waals surface area (Å²) < 4.78 is 17.1. The van der Waals surface area contributed by atoms with Gasteiger partial charge in [-0.3, -0.25) is 4.21 Å². The first-order valence-corrected chi connectivity index (χ1v) is 5.88. The van der Waals surface area contributed by atoms with Crippen LogP contribution in [0.15, 0.2) is 35.2 Å². The molecule has 0 saturated carbocycles. The molecule has 1 aromatic rings. The summed E-state index contributed by atoms with van der Waals surface area (Å²) in [5.74, 6) is 1.40. The van der Waals surface area contributed by atoms with Gasteiger partial charge in [0.15, 0.2) is 0 Å². The van der Waals surface area contributed by atoms with Gasteiger partial charge in [0.25, 0.3) is 0 Å². The van der Waals surface area contributed by atoms with Crippen LogP contribution in [0.2, 0.25) is 0 Å². The Kier molecular flexibility index (Phi) is 2.68. The van der Waals surface area contributed by atoms with Crippen LogP contribution in [0.4, 0.5) is 0 Å². The number of ether oxygens (including phenoxy) is 1. The molecule has 1 heterocycles. The van der Waals surface area contributed by atoms with Gasteiger partial charge in [-0.15, -0.1) is 0 Å². The first kappa shape index (κ1) is 9.46. The molecule has 74 valence electrons. The van der Waals surface area contributed by atoms with Gasteiger partial charge in [-0.05, 0) is 6.92 Å². The summed E-state index contributed by atoms with van der Waals surface area (Å²) in [6, 6.07) is 9.81. The summed E-state index contributed by atoms with van der Waals surface area (Å²) in [6.07, 6.45) is 0. The normalized spacial score (nSPS) is 21.9. The van der Waals surface area contributed by atoms with Gasteiger partial charge >= 0.3 is 0 Å². The molecule has 0 aliphatic carbocycles. The highest BCUT2D eigenvalue weighted by Gasteiger charge is 2.17. The van der Waals surface area contributed by atoms with E-state index in [1.807, 2.05) is 37.3 Å². The van der Waals surface area contributed by atoms with Gasteiger partial charge in [0, 0.05) is 5.56 Å². The standard InChI is InChI=1S/C11H12O2S/c1-9-11(13-7-8-14(9)12)10-5-3-2-4-6-10/h2-6H,7-8H2,1H3. The maximum Gasteiger partial charge on any atom is 0.138 e. The van der Waals surface area contributed by atoms with Crippen molar-refractivity contribution < 1.29 is 8.95 Å². The van der Waals surface area contributed by atoms with E-state index < -0.39 is 10.8 Å². The third kappa shape index (κ3) is 1.73. The first-order chi connectivity index (χ1) is 6.79. The molecule has 1 aromatic carbocycles. The lowest BCUT2D eigenvalue weighted by Gasteiger charge is -2.18. The molecule has 0 N–H and O–H groups in total. The molecule has 1 atom stereocenters. The second-order valence-corrected chi connectivity index (χ2v) is 4.86. The van der Waals surface area contributed by atoms with E-state index >= 15 is 0 Å². The molecule has 2 rings (SSSR count). The van der Waals surface area contributed by atoms with Crippen LogP contribution in [0.3, 0.4) is 0 Å². The number of rotatable bonds is 1. The molecule has 0 amide bonds. The number of allylic oxidation sites excluding steroid dienone is 1. The Morgan fingerprint density at radius 1 is 1.29 bits per heavy atom. The summed E-state index contributed by atoms with van der Waals surface area (Å²) in [5, 5.41) is 0. The Balaban J connectivity index is 2.43. The fourth-order valence-electron chi connectivity index (χ4n) is 1.45. The molecule has 2 nitrogen and oxygen atoms in total. The lowest BCUT2D eigenvalue weighted by atomic mass is 10.2. The van der Waals surface area contributed by atoms with Crippen LogP contribution >= 0.6 is 0 Å². The van der Waals surface area contributed by atoms with E-state index in [1.165, 1.54) is 0 Å². The SMILES string of the molecule is CC1=C(c2ccccc2)OCCS1=O. The average Bonchev–Trinajstić information content (AvgIpc) is 2.23. The van der Waals surface area contributed by atoms with Crippen molar-refractivity contribution in [3.63, 3.8) is 0 Å². The second-order valence-electron chi connectivity index (χ2n) is 3.15. The molecule has 0 spiro atoms. The van der Waals surface area contributed by atoms with Crippen LogP contribution in [-0.2, 0) is 15.5 Å². The van der Waals surface area contributed by atoms with E-state index in [9.17, 15) is 4.21 Å². The summed E-state index contributed by atoms with van der Waals surface area (Å²) in [6.45, 7) is 2.42. The largest absolute Gasteiger partial charge is 0.491 e. The zero-order valence-electron chi connectivity index (χ0n) is 8.03. The highest BCUT2D eigenvalue weighted by atomic mass is 32.2. The molecule has 3 heteroatoms. The van der Waals surface area contributed by atoms with Crippen molar-refractivity contribution >= 4 is 16.6 Å². The molecule has 0 radical (unpaired) electrons. The lowest BCUT2D eigenvalue weighted by Crippen LogP contribution is -2.14. The number of hydrogen-bond acceptors (Lipinski definition) is 2. The molecule has 1 unspecified atom stereocenters. The topological polar surface area (TPSA) is 26.3 Å². The van der Waals surface area contributed by atoms with Crippen LogP contribution in [0.25, 0.3) is 5.76 Å². The van der Waals surface area contributed by atoms with E-state index in [4.69, 9.17) is 4.74 Å². The van der Waals surface area contributed by atoms with Crippen LogP contribution < -0.4 is 0 Å². The number of benzene rings is 1. The van der Waals surface area contributed by atoms with E-state index in [1.54, 1.807) is 0 Å². The van der Waals surface area contributed by atoms with Crippen molar-refractivity contribution in [2.24, 2.45) is 0 Å². The average molecular weight is 208 g/mol. The molecule has 0 aromatic heterocycles. The fourth-order valence-corrected chi connectivity index (χ4v) is 2.38. The highest BCUT2D eigenvalue weighted by molar-refractivity contribution is 7.89. The van der Waals surface area contributed by atoms with Crippen LogP contribution in [0.5, 0.6) is 0 Å². The van der Waals surface area contributed by atoms with E-state index in [0.717, 1.165) is 16.2 Å². The summed E-state index contributed by atoms with van der Waals surface area (Å²) >= 11 is 0. The van der Waals surface area contributed by atoms with Crippen LogP contribution in [0.1, 0.15) is 12.5 Å². The molecular weight excluding hydrogens is 196 g/mol. The van der Waals surface area contributed by atoms with Crippen LogP contribution in [0, 0.1) is 0 Å². The van der Waals surface area contributed by atoms with Crippen molar-refractivity contribution in [2.75, 3.05) is 12.4 Å². The molecule has 0 fully saturated rings. The third-order valence-electron chi connectivity index (χ3n) is 2.21. The highest BCUT2D eigenvalue weighted by Crippen LogP contribution is 2.25. The van der Waals surface area contributed by atoms with E-state index in [0.29, 0.717) is 12.4 Å². The Bertz CT molecular complexity index is 382. The van der Waals surface area contributed by atoms with Crippen molar-refractivity contribution in [3.05, 3.63) is 40.8 Å². The zero-order chi connectivity index (χ0) is 9.97. The Morgan fingerprint density at radius 2 is 2.00 bits per heavy atom. The van der Waals surface area contributed by atoms with Gasteiger partial charge in [0.05, 0.1) is 21.5 Å². The monoisotopic (exact) mass is 208 g/mol. The quantitative estimate of drug-likeness (QED) is 0.707. The van der Waals surface area contributed by atoms with E-state index in [2.05, 4.69) is 0 Å². The van der Waals surface area contributed by atoms with Gasteiger partial charge in [0.1, 0.15) is 12.4 Å².